The molecule has 18 heavy (non-hydrogen) atoms. The molecule has 1 nitrogen and oxygen atoms in total. The second-order valence-corrected chi connectivity index (χ2v) is 5.50. The van der Waals surface area contributed by atoms with Gasteiger partial charge in [-0.15, -0.1) is 0 Å². The molecule has 2 aromatic carbocycles. The van der Waals surface area contributed by atoms with E-state index >= 15 is 0 Å². The smallest absolute Gasteiger partial charge is 0.141 e. The molecule has 0 fully saturated rings. The average Bonchev–Trinajstić information content (AvgIpc) is 2.35. The zero-order chi connectivity index (χ0) is 13.0. The van der Waals surface area contributed by atoms with Crippen LogP contribution in [0.15, 0.2) is 53.0 Å². The van der Waals surface area contributed by atoms with Crippen LogP contribution in [0.5, 0.6) is 0 Å². The third-order valence-electron chi connectivity index (χ3n) is 2.63. The van der Waals surface area contributed by atoms with E-state index in [9.17, 15) is 4.79 Å². The van der Waals surface area contributed by atoms with Crippen molar-refractivity contribution in [3.8, 4) is 0 Å². The fraction of sp³-hybridized carbons (Fsp3) is 0.133. The van der Waals surface area contributed by atoms with E-state index in [1.807, 2.05) is 48.5 Å². The molecule has 3 heteroatoms. The first-order valence-corrected chi connectivity index (χ1v) is 6.81. The summed E-state index contributed by atoms with van der Waals surface area (Å²) in [6, 6.07) is 15.2. The Hall–Kier alpha value is -1.12. The highest BCUT2D eigenvalue weighted by atomic mass is 79.9. The van der Waals surface area contributed by atoms with E-state index in [0.717, 1.165) is 15.6 Å². The topological polar surface area (TPSA) is 17.1 Å². The van der Waals surface area contributed by atoms with Crippen molar-refractivity contribution in [1.82, 2.24) is 0 Å². The third kappa shape index (κ3) is 3.97. The van der Waals surface area contributed by atoms with Crippen LogP contribution >= 0.6 is 27.5 Å². The predicted octanol–water partition coefficient (Wildman–Crippen LogP) is 4.46. The van der Waals surface area contributed by atoms with Gasteiger partial charge in [-0.2, -0.15) is 0 Å². The minimum Gasteiger partial charge on any atom is -0.299 e. The molecule has 2 aromatic rings. The van der Waals surface area contributed by atoms with Gasteiger partial charge in [0, 0.05) is 22.3 Å². The molecule has 0 spiro atoms. The van der Waals surface area contributed by atoms with Crippen molar-refractivity contribution < 1.29 is 4.79 Å². The Morgan fingerprint density at radius 1 is 0.889 bits per heavy atom. The molecule has 0 radical (unpaired) electrons. The van der Waals surface area contributed by atoms with Crippen LogP contribution in [0.2, 0.25) is 5.02 Å². The van der Waals surface area contributed by atoms with Gasteiger partial charge in [0.25, 0.3) is 0 Å². The lowest BCUT2D eigenvalue weighted by Crippen LogP contribution is -2.06. The largest absolute Gasteiger partial charge is 0.299 e. The van der Waals surface area contributed by atoms with E-state index in [2.05, 4.69) is 15.9 Å². The summed E-state index contributed by atoms with van der Waals surface area (Å²) in [6.45, 7) is 0. The number of halogens is 2. The van der Waals surface area contributed by atoms with Gasteiger partial charge in [-0.3, -0.25) is 4.79 Å². The molecule has 2 rings (SSSR count). The average molecular weight is 324 g/mol. The van der Waals surface area contributed by atoms with Crippen molar-refractivity contribution in [3.05, 3.63) is 69.2 Å². The number of ketones is 1. The standard InChI is InChI=1S/C15H12BrClO/c16-13-5-1-11(2-6-13)9-15(18)10-12-3-7-14(17)8-4-12/h1-8H,9-10H2. The molecule has 0 aromatic heterocycles. The highest BCUT2D eigenvalue weighted by Gasteiger charge is 2.05. The quantitative estimate of drug-likeness (QED) is 0.812. The lowest BCUT2D eigenvalue weighted by atomic mass is 10.0. The zero-order valence-electron chi connectivity index (χ0n) is 9.70. The van der Waals surface area contributed by atoms with Crippen molar-refractivity contribution >= 4 is 33.3 Å². The van der Waals surface area contributed by atoms with E-state index in [4.69, 9.17) is 11.6 Å². The molecular formula is C15H12BrClO. The fourth-order valence-corrected chi connectivity index (χ4v) is 2.11. The van der Waals surface area contributed by atoms with Crippen molar-refractivity contribution in [1.29, 1.82) is 0 Å². The van der Waals surface area contributed by atoms with Crippen molar-refractivity contribution in [3.63, 3.8) is 0 Å². The SMILES string of the molecule is O=C(Cc1ccc(Cl)cc1)Cc1ccc(Br)cc1. The second kappa shape index (κ2) is 6.17. The van der Waals surface area contributed by atoms with Crippen LogP contribution in [-0.2, 0) is 17.6 Å². The summed E-state index contributed by atoms with van der Waals surface area (Å²) in [7, 11) is 0. The molecule has 0 N–H and O–H groups in total. The maximum atomic E-state index is 11.9. The van der Waals surface area contributed by atoms with E-state index < -0.39 is 0 Å². The first-order chi connectivity index (χ1) is 8.63. The Bertz CT molecular complexity index is 482. The molecule has 0 aliphatic heterocycles. The number of hydrogen-bond acceptors (Lipinski definition) is 1. The summed E-state index contributed by atoms with van der Waals surface area (Å²) in [5.41, 5.74) is 2.04. The molecule has 0 heterocycles. The summed E-state index contributed by atoms with van der Waals surface area (Å²) in [4.78, 5) is 11.9. The van der Waals surface area contributed by atoms with E-state index in [0.29, 0.717) is 17.9 Å². The summed E-state index contributed by atoms with van der Waals surface area (Å²) < 4.78 is 1.02. The molecule has 0 unspecified atom stereocenters. The van der Waals surface area contributed by atoms with E-state index in [-0.39, 0.29) is 5.78 Å². The lowest BCUT2D eigenvalue weighted by molar-refractivity contribution is -0.117. The number of rotatable bonds is 4. The Labute approximate surface area is 120 Å². The van der Waals surface area contributed by atoms with Gasteiger partial charge in [-0.1, -0.05) is 51.8 Å². The van der Waals surface area contributed by atoms with Crippen LogP contribution in [0.25, 0.3) is 0 Å². The lowest BCUT2D eigenvalue weighted by Gasteiger charge is -2.02. The van der Waals surface area contributed by atoms with Gasteiger partial charge in [0.1, 0.15) is 5.78 Å². The molecule has 0 bridgehead atoms. The number of carbonyl (C=O) groups excluding carboxylic acids is 1. The number of hydrogen-bond donors (Lipinski definition) is 0. The van der Waals surface area contributed by atoms with E-state index in [1.165, 1.54) is 0 Å². The Morgan fingerprint density at radius 3 is 1.83 bits per heavy atom. The van der Waals surface area contributed by atoms with Crippen LogP contribution in [0, 0.1) is 0 Å². The number of carbonyl (C=O) groups is 1. The molecular weight excluding hydrogens is 312 g/mol. The number of Topliss-reactive ketones (excluding diaryl/α,β-unsaturated/α-hetero) is 1. The number of benzene rings is 2. The van der Waals surface area contributed by atoms with E-state index in [1.54, 1.807) is 0 Å². The second-order valence-electron chi connectivity index (χ2n) is 4.15. The summed E-state index contributed by atoms with van der Waals surface area (Å²) in [5, 5.41) is 0.694. The first kappa shape index (κ1) is 13.3. The fourth-order valence-electron chi connectivity index (χ4n) is 1.72. The molecule has 0 atom stereocenters. The molecule has 0 saturated heterocycles. The maximum absolute atomic E-state index is 11.9. The molecule has 0 aliphatic rings. The summed E-state index contributed by atoms with van der Waals surface area (Å²) in [5.74, 6) is 0.208. The van der Waals surface area contributed by atoms with Gasteiger partial charge in [-0.05, 0) is 35.4 Å². The Morgan fingerprint density at radius 2 is 1.33 bits per heavy atom. The molecule has 92 valence electrons. The molecule has 0 aliphatic carbocycles. The normalized spacial score (nSPS) is 10.3. The highest BCUT2D eigenvalue weighted by Crippen LogP contribution is 2.13. The van der Waals surface area contributed by atoms with Crippen LogP contribution < -0.4 is 0 Å². The van der Waals surface area contributed by atoms with Gasteiger partial charge in [0.2, 0.25) is 0 Å². The van der Waals surface area contributed by atoms with Gasteiger partial charge < -0.3 is 0 Å². The van der Waals surface area contributed by atoms with Crippen molar-refractivity contribution in [2.45, 2.75) is 12.8 Å². The minimum atomic E-state index is 0.208. The van der Waals surface area contributed by atoms with Crippen molar-refractivity contribution in [2.24, 2.45) is 0 Å². The van der Waals surface area contributed by atoms with Crippen LogP contribution in [0.1, 0.15) is 11.1 Å². The predicted molar refractivity (Wildman–Crippen MR) is 78.0 cm³/mol. The van der Waals surface area contributed by atoms with Crippen molar-refractivity contribution in [2.75, 3.05) is 0 Å². The van der Waals surface area contributed by atoms with Gasteiger partial charge in [0.15, 0.2) is 0 Å². The first-order valence-electron chi connectivity index (χ1n) is 5.64. The Kier molecular flexibility index (Phi) is 4.56. The molecule has 0 saturated carbocycles. The van der Waals surface area contributed by atoms with Gasteiger partial charge in [0.05, 0.1) is 0 Å². The van der Waals surface area contributed by atoms with Gasteiger partial charge >= 0.3 is 0 Å². The van der Waals surface area contributed by atoms with Crippen LogP contribution in [0.4, 0.5) is 0 Å². The maximum Gasteiger partial charge on any atom is 0.141 e. The Balaban J connectivity index is 1.96. The zero-order valence-corrected chi connectivity index (χ0v) is 12.0. The van der Waals surface area contributed by atoms with Gasteiger partial charge in [-0.25, -0.2) is 0 Å². The molecule has 0 amide bonds. The third-order valence-corrected chi connectivity index (χ3v) is 3.41. The van der Waals surface area contributed by atoms with Crippen LogP contribution in [-0.4, -0.2) is 5.78 Å². The monoisotopic (exact) mass is 322 g/mol. The highest BCUT2D eigenvalue weighted by molar-refractivity contribution is 9.10. The van der Waals surface area contributed by atoms with Crippen LogP contribution in [0.3, 0.4) is 0 Å². The summed E-state index contributed by atoms with van der Waals surface area (Å²) >= 11 is 9.18. The minimum absolute atomic E-state index is 0.208. The summed E-state index contributed by atoms with van der Waals surface area (Å²) in [6.07, 6.45) is 0.920.